The minimum Gasteiger partial charge on any atom is -0.497 e. The van der Waals surface area contributed by atoms with Crippen molar-refractivity contribution in [3.05, 3.63) is 47.7 Å². The first-order valence-corrected chi connectivity index (χ1v) is 7.61. The number of carbonyl (C=O) groups excluding carboxylic acids is 1. The normalized spacial score (nSPS) is 18.0. The van der Waals surface area contributed by atoms with Crippen molar-refractivity contribution in [2.24, 2.45) is 0 Å². The first-order valence-electron chi connectivity index (χ1n) is 7.61. The Morgan fingerprint density at radius 2 is 2.17 bits per heavy atom. The lowest BCUT2D eigenvalue weighted by molar-refractivity contribution is -0.0218. The molecule has 0 radical (unpaired) electrons. The highest BCUT2D eigenvalue weighted by atomic mass is 16.5. The highest BCUT2D eigenvalue weighted by Gasteiger charge is 2.28. The number of rotatable bonds is 4. The molecule has 0 spiro atoms. The van der Waals surface area contributed by atoms with Crippen LogP contribution in [0.1, 0.15) is 21.8 Å². The molecule has 0 aliphatic carbocycles. The van der Waals surface area contributed by atoms with E-state index in [2.05, 4.69) is 4.98 Å². The Bertz CT molecular complexity index is 665. The molecule has 1 aromatic carbocycles. The van der Waals surface area contributed by atoms with E-state index in [0.717, 1.165) is 17.7 Å². The average Bonchev–Trinajstić information content (AvgIpc) is 3.01. The number of hydrogen-bond donors (Lipinski definition) is 0. The second-order valence-electron chi connectivity index (χ2n) is 5.56. The topological polar surface area (TPSA) is 64.8 Å². The molecular weight excluding hydrogens is 296 g/mol. The fourth-order valence-corrected chi connectivity index (χ4v) is 2.70. The molecule has 1 fully saturated rings. The molecule has 0 bridgehead atoms. The molecule has 1 amide bonds. The molecule has 2 heterocycles. The number of amides is 1. The van der Waals surface area contributed by atoms with E-state index in [0.29, 0.717) is 31.2 Å². The third-order valence-corrected chi connectivity index (χ3v) is 3.99. The first kappa shape index (κ1) is 15.6. The number of aromatic nitrogens is 1. The van der Waals surface area contributed by atoms with Gasteiger partial charge in [-0.1, -0.05) is 12.1 Å². The Balaban J connectivity index is 1.63. The van der Waals surface area contributed by atoms with Crippen LogP contribution in [0.4, 0.5) is 0 Å². The smallest absolute Gasteiger partial charge is 0.291 e. The van der Waals surface area contributed by atoms with Gasteiger partial charge in [-0.3, -0.25) is 4.79 Å². The Morgan fingerprint density at radius 3 is 2.83 bits per heavy atom. The summed E-state index contributed by atoms with van der Waals surface area (Å²) in [6, 6.07) is 7.89. The van der Waals surface area contributed by atoms with Crippen molar-refractivity contribution in [1.82, 2.24) is 9.88 Å². The standard InChI is InChI=1S/C17H20N2O4/c1-12-16(23-11-18-12)17(20)19-7-8-22-15(10-19)9-13-3-5-14(21-2)6-4-13/h3-6,11,15H,7-10H2,1-2H3/t15-/m1/s1. The summed E-state index contributed by atoms with van der Waals surface area (Å²) in [5.74, 6) is 1.02. The van der Waals surface area contributed by atoms with Crippen molar-refractivity contribution < 1.29 is 18.7 Å². The predicted molar refractivity (Wildman–Crippen MR) is 83.6 cm³/mol. The van der Waals surface area contributed by atoms with E-state index >= 15 is 0 Å². The summed E-state index contributed by atoms with van der Waals surface area (Å²) < 4.78 is 16.2. The van der Waals surface area contributed by atoms with E-state index in [-0.39, 0.29) is 12.0 Å². The van der Waals surface area contributed by atoms with Crippen molar-refractivity contribution in [3.63, 3.8) is 0 Å². The van der Waals surface area contributed by atoms with Crippen LogP contribution >= 0.6 is 0 Å². The summed E-state index contributed by atoms with van der Waals surface area (Å²) in [5, 5.41) is 0. The molecular formula is C17H20N2O4. The molecule has 0 N–H and O–H groups in total. The molecule has 0 unspecified atom stereocenters. The van der Waals surface area contributed by atoms with E-state index in [1.54, 1.807) is 18.9 Å². The molecule has 1 aromatic heterocycles. The van der Waals surface area contributed by atoms with E-state index in [9.17, 15) is 4.79 Å². The van der Waals surface area contributed by atoms with Gasteiger partial charge in [0.1, 0.15) is 5.75 Å². The maximum absolute atomic E-state index is 12.5. The highest BCUT2D eigenvalue weighted by Crippen LogP contribution is 2.18. The molecule has 1 aliphatic heterocycles. The summed E-state index contributed by atoms with van der Waals surface area (Å²) in [5.41, 5.74) is 1.77. The van der Waals surface area contributed by atoms with Gasteiger partial charge in [0.25, 0.3) is 5.91 Å². The zero-order valence-corrected chi connectivity index (χ0v) is 13.3. The highest BCUT2D eigenvalue weighted by molar-refractivity contribution is 5.92. The van der Waals surface area contributed by atoms with Gasteiger partial charge in [-0.05, 0) is 24.6 Å². The largest absolute Gasteiger partial charge is 0.497 e. The maximum atomic E-state index is 12.5. The predicted octanol–water partition coefficient (Wildman–Crippen LogP) is 2.08. The number of aryl methyl sites for hydroxylation is 1. The second-order valence-corrected chi connectivity index (χ2v) is 5.56. The fraction of sp³-hybridized carbons (Fsp3) is 0.412. The Kier molecular flexibility index (Phi) is 4.62. The number of methoxy groups -OCH3 is 1. The summed E-state index contributed by atoms with van der Waals surface area (Å²) in [6.07, 6.45) is 2.03. The Morgan fingerprint density at radius 1 is 1.39 bits per heavy atom. The van der Waals surface area contributed by atoms with Gasteiger partial charge in [0.2, 0.25) is 5.76 Å². The molecule has 3 rings (SSSR count). The summed E-state index contributed by atoms with van der Waals surface area (Å²) in [7, 11) is 1.65. The third-order valence-electron chi connectivity index (χ3n) is 3.99. The minimum atomic E-state index is -0.122. The summed E-state index contributed by atoms with van der Waals surface area (Å²) in [4.78, 5) is 18.2. The van der Waals surface area contributed by atoms with Gasteiger partial charge in [0.15, 0.2) is 6.39 Å². The van der Waals surface area contributed by atoms with Crippen LogP contribution in [0.5, 0.6) is 5.75 Å². The first-order chi connectivity index (χ1) is 11.2. The van der Waals surface area contributed by atoms with E-state index in [4.69, 9.17) is 13.9 Å². The molecule has 6 heteroatoms. The zero-order chi connectivity index (χ0) is 16.2. The molecule has 6 nitrogen and oxygen atoms in total. The van der Waals surface area contributed by atoms with Crippen LogP contribution in [0.3, 0.4) is 0 Å². The van der Waals surface area contributed by atoms with Gasteiger partial charge in [-0.25, -0.2) is 4.98 Å². The van der Waals surface area contributed by atoms with Crippen molar-refractivity contribution in [2.75, 3.05) is 26.8 Å². The maximum Gasteiger partial charge on any atom is 0.291 e. The molecule has 23 heavy (non-hydrogen) atoms. The lowest BCUT2D eigenvalue weighted by Crippen LogP contribution is -2.46. The lowest BCUT2D eigenvalue weighted by atomic mass is 10.1. The minimum absolute atomic E-state index is 0.0238. The van der Waals surface area contributed by atoms with Crippen molar-refractivity contribution in [2.45, 2.75) is 19.4 Å². The average molecular weight is 316 g/mol. The van der Waals surface area contributed by atoms with Gasteiger partial charge in [-0.15, -0.1) is 0 Å². The van der Waals surface area contributed by atoms with Gasteiger partial charge in [-0.2, -0.15) is 0 Å². The SMILES string of the molecule is COc1ccc(C[C@@H]2CN(C(=O)c3ocnc3C)CCO2)cc1. The van der Waals surface area contributed by atoms with Crippen LogP contribution in [0.2, 0.25) is 0 Å². The van der Waals surface area contributed by atoms with E-state index < -0.39 is 0 Å². The number of carbonyl (C=O) groups is 1. The Hall–Kier alpha value is -2.34. The van der Waals surface area contributed by atoms with Crippen molar-refractivity contribution in [3.8, 4) is 5.75 Å². The second kappa shape index (κ2) is 6.83. The van der Waals surface area contributed by atoms with Gasteiger partial charge < -0.3 is 18.8 Å². The fourth-order valence-electron chi connectivity index (χ4n) is 2.70. The van der Waals surface area contributed by atoms with Crippen LogP contribution < -0.4 is 4.74 Å². The number of benzene rings is 1. The van der Waals surface area contributed by atoms with Crippen molar-refractivity contribution >= 4 is 5.91 Å². The monoisotopic (exact) mass is 316 g/mol. The zero-order valence-electron chi connectivity index (χ0n) is 13.3. The van der Waals surface area contributed by atoms with E-state index in [1.165, 1.54) is 6.39 Å². The molecule has 2 aromatic rings. The molecule has 1 aliphatic rings. The van der Waals surface area contributed by atoms with E-state index in [1.807, 2.05) is 24.3 Å². The molecule has 1 saturated heterocycles. The van der Waals surface area contributed by atoms with Crippen molar-refractivity contribution in [1.29, 1.82) is 0 Å². The molecule has 122 valence electrons. The van der Waals surface area contributed by atoms with Crippen LogP contribution in [0.15, 0.2) is 35.1 Å². The van der Waals surface area contributed by atoms with Crippen LogP contribution in [-0.4, -0.2) is 48.7 Å². The number of oxazole rings is 1. The molecule has 0 saturated carbocycles. The van der Waals surface area contributed by atoms with Crippen LogP contribution in [0, 0.1) is 6.92 Å². The molecule has 1 atom stereocenters. The van der Waals surface area contributed by atoms with Gasteiger partial charge >= 0.3 is 0 Å². The lowest BCUT2D eigenvalue weighted by Gasteiger charge is -2.32. The number of nitrogens with zero attached hydrogens (tertiary/aromatic N) is 2. The van der Waals surface area contributed by atoms with Crippen LogP contribution in [0.25, 0.3) is 0 Å². The Labute approximate surface area is 135 Å². The number of ether oxygens (including phenoxy) is 2. The number of morpholine rings is 1. The van der Waals surface area contributed by atoms with Crippen LogP contribution in [-0.2, 0) is 11.2 Å². The summed E-state index contributed by atoms with van der Waals surface area (Å²) in [6.45, 7) is 3.41. The third kappa shape index (κ3) is 3.53. The number of hydrogen-bond acceptors (Lipinski definition) is 5. The summed E-state index contributed by atoms with van der Waals surface area (Å²) >= 11 is 0. The van der Waals surface area contributed by atoms with Gasteiger partial charge in [0.05, 0.1) is 25.5 Å². The quantitative estimate of drug-likeness (QED) is 0.864. The van der Waals surface area contributed by atoms with Gasteiger partial charge in [0, 0.05) is 19.5 Å².